The second kappa shape index (κ2) is 5.42. The van der Waals surface area contributed by atoms with Gasteiger partial charge in [-0.15, -0.1) is 11.3 Å². The minimum absolute atomic E-state index is 0.251. The van der Waals surface area contributed by atoms with Crippen LogP contribution >= 0.6 is 27.3 Å². The number of hydrogen-bond donors (Lipinski definition) is 2. The van der Waals surface area contributed by atoms with Gasteiger partial charge in [0, 0.05) is 22.6 Å². The molecule has 1 aromatic carbocycles. The number of thiophene rings is 1. The Hall–Kier alpha value is -1.99. The maximum Gasteiger partial charge on any atom is 0.268 e. The number of nitrogens with one attached hydrogen (secondary N) is 1. The number of nitrogens with zero attached hydrogens (tertiary/aromatic N) is 2. The first-order valence-corrected chi connectivity index (χ1v) is 7.74. The third-order valence-corrected chi connectivity index (χ3v) is 5.05. The molecule has 0 aliphatic heterocycles. The molecule has 0 aliphatic carbocycles. The molecular formula is C14H11BrN4OS. The van der Waals surface area contributed by atoms with Gasteiger partial charge in [-0.05, 0) is 24.6 Å². The van der Waals surface area contributed by atoms with Gasteiger partial charge in [0.1, 0.15) is 15.2 Å². The molecule has 0 unspecified atom stereocenters. The van der Waals surface area contributed by atoms with Crippen molar-refractivity contribution in [3.8, 4) is 0 Å². The number of nitrogen functional groups attached to an aromatic ring is 1. The first-order valence-electron chi connectivity index (χ1n) is 6.13. The number of nitrogens with two attached hydrogens (primary N) is 1. The number of fused-ring (bicyclic) bond motifs is 1. The summed E-state index contributed by atoms with van der Waals surface area (Å²) in [5.74, 6) is -0.251. The monoisotopic (exact) mass is 362 g/mol. The molecule has 0 aliphatic rings. The average molecular weight is 363 g/mol. The van der Waals surface area contributed by atoms with E-state index in [1.807, 2.05) is 25.1 Å². The zero-order valence-electron chi connectivity index (χ0n) is 11.1. The second-order valence-corrected chi connectivity index (χ2v) is 6.27. The van der Waals surface area contributed by atoms with Gasteiger partial charge in [0.2, 0.25) is 0 Å². The second-order valence-electron chi connectivity index (χ2n) is 4.42. The Labute approximate surface area is 133 Å². The molecule has 3 aromatic rings. The normalized spacial score (nSPS) is 10.8. The van der Waals surface area contributed by atoms with Crippen molar-refractivity contribution < 1.29 is 4.79 Å². The van der Waals surface area contributed by atoms with E-state index >= 15 is 0 Å². The summed E-state index contributed by atoms with van der Waals surface area (Å²) in [4.78, 5) is 21.8. The standard InChI is InChI=1S/C14H11BrN4OS/c1-7-8(15)3-2-4-9(7)19-13(20)12-10(16)11-14(21-12)18-6-5-17-11/h2-6H,16H2,1H3,(H,19,20). The van der Waals surface area contributed by atoms with Crippen molar-refractivity contribution in [2.24, 2.45) is 0 Å². The van der Waals surface area contributed by atoms with Crippen LogP contribution < -0.4 is 11.1 Å². The van der Waals surface area contributed by atoms with Crippen LogP contribution in [0.1, 0.15) is 15.2 Å². The number of anilines is 2. The van der Waals surface area contributed by atoms with Crippen molar-refractivity contribution in [1.29, 1.82) is 0 Å². The molecule has 2 aromatic heterocycles. The van der Waals surface area contributed by atoms with Gasteiger partial charge in [-0.3, -0.25) is 4.79 Å². The molecular weight excluding hydrogens is 352 g/mol. The predicted molar refractivity (Wildman–Crippen MR) is 88.7 cm³/mol. The fraction of sp³-hybridized carbons (Fsp3) is 0.0714. The van der Waals surface area contributed by atoms with Crippen LogP contribution in [0.15, 0.2) is 35.1 Å². The summed E-state index contributed by atoms with van der Waals surface area (Å²) >= 11 is 4.68. The van der Waals surface area contributed by atoms with Crippen LogP contribution in [0.2, 0.25) is 0 Å². The molecule has 1 amide bonds. The third kappa shape index (κ3) is 2.50. The number of rotatable bonds is 2. The third-order valence-electron chi connectivity index (χ3n) is 3.09. The van der Waals surface area contributed by atoms with Crippen molar-refractivity contribution in [3.05, 3.63) is 45.5 Å². The Morgan fingerprint density at radius 1 is 1.33 bits per heavy atom. The molecule has 7 heteroatoms. The summed E-state index contributed by atoms with van der Waals surface area (Å²) in [7, 11) is 0. The van der Waals surface area contributed by atoms with E-state index in [1.54, 1.807) is 12.4 Å². The average Bonchev–Trinajstić information content (AvgIpc) is 2.82. The zero-order valence-corrected chi connectivity index (χ0v) is 13.5. The highest BCUT2D eigenvalue weighted by atomic mass is 79.9. The molecule has 0 bridgehead atoms. The quantitative estimate of drug-likeness (QED) is 0.729. The molecule has 0 saturated carbocycles. The van der Waals surface area contributed by atoms with E-state index in [-0.39, 0.29) is 5.91 Å². The lowest BCUT2D eigenvalue weighted by atomic mass is 10.2. The van der Waals surface area contributed by atoms with Crippen molar-refractivity contribution in [2.75, 3.05) is 11.1 Å². The van der Waals surface area contributed by atoms with Gasteiger partial charge >= 0.3 is 0 Å². The number of halogens is 1. The Morgan fingerprint density at radius 2 is 2.10 bits per heavy atom. The number of carbonyl (C=O) groups is 1. The van der Waals surface area contributed by atoms with Crippen molar-refractivity contribution in [1.82, 2.24) is 9.97 Å². The Morgan fingerprint density at radius 3 is 2.86 bits per heavy atom. The van der Waals surface area contributed by atoms with Crippen LogP contribution in [0.5, 0.6) is 0 Å². The number of benzene rings is 1. The van der Waals surface area contributed by atoms with Crippen molar-refractivity contribution >= 4 is 54.9 Å². The summed E-state index contributed by atoms with van der Waals surface area (Å²) in [5.41, 5.74) is 8.64. The molecule has 0 atom stereocenters. The van der Waals surface area contributed by atoms with Crippen LogP contribution in [0.25, 0.3) is 10.3 Å². The number of carbonyl (C=O) groups excluding carboxylic acids is 1. The first-order chi connectivity index (χ1) is 10.1. The maximum atomic E-state index is 12.4. The van der Waals surface area contributed by atoms with E-state index in [9.17, 15) is 4.79 Å². The predicted octanol–water partition coefficient (Wildman–Crippen LogP) is 3.60. The summed E-state index contributed by atoms with van der Waals surface area (Å²) in [6.45, 7) is 1.93. The van der Waals surface area contributed by atoms with E-state index in [1.165, 1.54) is 11.3 Å². The number of amides is 1. The van der Waals surface area contributed by atoms with E-state index in [4.69, 9.17) is 5.73 Å². The molecule has 106 valence electrons. The van der Waals surface area contributed by atoms with Gasteiger partial charge in [0.05, 0.1) is 5.69 Å². The summed E-state index contributed by atoms with van der Waals surface area (Å²) in [5, 5.41) is 2.88. The summed E-state index contributed by atoms with van der Waals surface area (Å²) < 4.78 is 0.938. The fourth-order valence-corrected chi connectivity index (χ4v) is 3.22. The van der Waals surface area contributed by atoms with Gasteiger partial charge in [0.25, 0.3) is 5.91 Å². The Bertz CT molecular complexity index is 846. The minimum Gasteiger partial charge on any atom is -0.396 e. The van der Waals surface area contributed by atoms with Crippen LogP contribution in [0.3, 0.4) is 0 Å². The molecule has 0 saturated heterocycles. The largest absolute Gasteiger partial charge is 0.396 e. The number of hydrogen-bond acceptors (Lipinski definition) is 5. The molecule has 2 heterocycles. The SMILES string of the molecule is Cc1c(Br)cccc1NC(=O)c1sc2nccnc2c1N. The lowest BCUT2D eigenvalue weighted by molar-refractivity contribution is 0.103. The summed E-state index contributed by atoms with van der Waals surface area (Å²) in [6, 6.07) is 5.63. The maximum absolute atomic E-state index is 12.4. The topological polar surface area (TPSA) is 80.9 Å². The highest BCUT2D eigenvalue weighted by Gasteiger charge is 2.18. The van der Waals surface area contributed by atoms with E-state index in [2.05, 4.69) is 31.2 Å². The Balaban J connectivity index is 1.97. The van der Waals surface area contributed by atoms with Crippen LogP contribution in [0.4, 0.5) is 11.4 Å². The van der Waals surface area contributed by atoms with Crippen molar-refractivity contribution in [3.63, 3.8) is 0 Å². The summed E-state index contributed by atoms with van der Waals surface area (Å²) in [6.07, 6.45) is 3.14. The molecule has 5 nitrogen and oxygen atoms in total. The minimum atomic E-state index is -0.251. The van der Waals surface area contributed by atoms with E-state index < -0.39 is 0 Å². The zero-order chi connectivity index (χ0) is 15.0. The fourth-order valence-electron chi connectivity index (χ4n) is 1.93. The van der Waals surface area contributed by atoms with Gasteiger partial charge < -0.3 is 11.1 Å². The molecule has 21 heavy (non-hydrogen) atoms. The molecule has 0 radical (unpaired) electrons. The lowest BCUT2D eigenvalue weighted by Crippen LogP contribution is -2.13. The Kier molecular flexibility index (Phi) is 3.60. The van der Waals surface area contributed by atoms with Crippen LogP contribution in [-0.4, -0.2) is 15.9 Å². The van der Waals surface area contributed by atoms with E-state index in [0.29, 0.717) is 20.9 Å². The lowest BCUT2D eigenvalue weighted by Gasteiger charge is -2.09. The van der Waals surface area contributed by atoms with E-state index in [0.717, 1.165) is 15.7 Å². The van der Waals surface area contributed by atoms with Gasteiger partial charge in [-0.2, -0.15) is 0 Å². The molecule has 3 N–H and O–H groups in total. The highest BCUT2D eigenvalue weighted by molar-refractivity contribution is 9.10. The van der Waals surface area contributed by atoms with Crippen LogP contribution in [-0.2, 0) is 0 Å². The molecule has 3 rings (SSSR count). The smallest absolute Gasteiger partial charge is 0.268 e. The van der Waals surface area contributed by atoms with Gasteiger partial charge in [0.15, 0.2) is 0 Å². The number of aromatic nitrogens is 2. The molecule has 0 spiro atoms. The van der Waals surface area contributed by atoms with Crippen LogP contribution in [0, 0.1) is 6.92 Å². The first kappa shape index (κ1) is 14.0. The van der Waals surface area contributed by atoms with Gasteiger partial charge in [-0.25, -0.2) is 9.97 Å². The van der Waals surface area contributed by atoms with Crippen molar-refractivity contribution in [2.45, 2.75) is 6.92 Å². The molecule has 0 fully saturated rings. The van der Waals surface area contributed by atoms with Gasteiger partial charge in [-0.1, -0.05) is 22.0 Å². The highest BCUT2D eigenvalue weighted by Crippen LogP contribution is 2.31.